The van der Waals surface area contributed by atoms with E-state index in [1.54, 1.807) is 7.11 Å². The van der Waals surface area contributed by atoms with E-state index in [0.717, 1.165) is 23.6 Å². The predicted molar refractivity (Wildman–Crippen MR) is 92.0 cm³/mol. The van der Waals surface area contributed by atoms with Crippen molar-refractivity contribution in [2.24, 2.45) is 0 Å². The summed E-state index contributed by atoms with van der Waals surface area (Å²) in [6, 6.07) is 15.8. The van der Waals surface area contributed by atoms with Crippen LogP contribution in [0.25, 0.3) is 0 Å². The Morgan fingerprint density at radius 1 is 1.09 bits per heavy atom. The third-order valence-corrected chi connectivity index (χ3v) is 3.57. The lowest BCUT2D eigenvalue weighted by Gasteiger charge is -2.21. The van der Waals surface area contributed by atoms with Gasteiger partial charge in [-0.05, 0) is 43.8 Å². The lowest BCUT2D eigenvalue weighted by atomic mass is 10.2. The summed E-state index contributed by atoms with van der Waals surface area (Å²) in [6.07, 6.45) is -0.535. The van der Waals surface area contributed by atoms with Crippen molar-refractivity contribution >= 4 is 0 Å². The number of benzene rings is 2. The molecule has 1 unspecified atom stereocenters. The molecular formula is C19H25NO3. The third kappa shape index (κ3) is 5.93. The monoisotopic (exact) mass is 315 g/mol. The van der Waals surface area contributed by atoms with Crippen LogP contribution in [-0.2, 0) is 6.54 Å². The summed E-state index contributed by atoms with van der Waals surface area (Å²) in [5.41, 5.74) is 2.34. The second-order valence-corrected chi connectivity index (χ2v) is 5.83. The molecule has 0 heterocycles. The second-order valence-electron chi connectivity index (χ2n) is 5.83. The fourth-order valence-corrected chi connectivity index (χ4v) is 2.39. The van der Waals surface area contributed by atoms with Crippen molar-refractivity contribution in [1.82, 2.24) is 4.90 Å². The average molecular weight is 315 g/mol. The van der Waals surface area contributed by atoms with Crippen molar-refractivity contribution in [2.75, 3.05) is 27.3 Å². The summed E-state index contributed by atoms with van der Waals surface area (Å²) in [6.45, 7) is 3.61. The van der Waals surface area contributed by atoms with Crippen molar-refractivity contribution in [3.8, 4) is 11.5 Å². The fraction of sp³-hybridized carbons (Fsp3) is 0.368. The number of likely N-dealkylation sites (N-methyl/N-ethyl adjacent to an activating group) is 1. The first-order chi connectivity index (χ1) is 11.1. The van der Waals surface area contributed by atoms with Gasteiger partial charge < -0.3 is 14.6 Å². The first-order valence-electron chi connectivity index (χ1n) is 7.76. The van der Waals surface area contributed by atoms with Crippen LogP contribution in [-0.4, -0.2) is 43.4 Å². The smallest absolute Gasteiger partial charge is 0.119 e. The quantitative estimate of drug-likeness (QED) is 0.813. The van der Waals surface area contributed by atoms with Gasteiger partial charge in [-0.2, -0.15) is 0 Å². The molecule has 0 aromatic heterocycles. The van der Waals surface area contributed by atoms with Crippen LogP contribution in [0.15, 0.2) is 48.5 Å². The van der Waals surface area contributed by atoms with E-state index in [2.05, 4.69) is 4.90 Å². The summed E-state index contributed by atoms with van der Waals surface area (Å²) in [5, 5.41) is 10.1. The number of ether oxygens (including phenoxy) is 2. The Balaban J connectivity index is 1.77. The molecule has 2 aromatic rings. The van der Waals surface area contributed by atoms with Gasteiger partial charge in [-0.1, -0.05) is 29.8 Å². The first kappa shape index (κ1) is 17.3. The molecule has 0 spiro atoms. The van der Waals surface area contributed by atoms with E-state index in [1.165, 1.54) is 5.56 Å². The van der Waals surface area contributed by atoms with Crippen LogP contribution in [0.2, 0.25) is 0 Å². The lowest BCUT2D eigenvalue weighted by Crippen LogP contribution is -2.32. The normalized spacial score (nSPS) is 12.2. The molecule has 2 aromatic carbocycles. The van der Waals surface area contributed by atoms with Gasteiger partial charge in [-0.25, -0.2) is 0 Å². The molecule has 0 aliphatic rings. The van der Waals surface area contributed by atoms with Gasteiger partial charge in [-0.3, -0.25) is 4.90 Å². The molecule has 0 radical (unpaired) electrons. The summed E-state index contributed by atoms with van der Waals surface area (Å²) in [7, 11) is 3.64. The maximum absolute atomic E-state index is 10.1. The second kappa shape index (κ2) is 8.56. The standard InChI is InChI=1S/C19H25NO3/c1-15-7-9-18(10-8-15)23-14-17(21)13-20(2)12-16-5-4-6-19(11-16)22-3/h4-11,17,21H,12-14H2,1-3H3. The SMILES string of the molecule is COc1cccc(CN(C)CC(O)COc2ccc(C)cc2)c1. The molecule has 0 fully saturated rings. The van der Waals surface area contributed by atoms with Gasteiger partial charge in [0.1, 0.15) is 24.2 Å². The van der Waals surface area contributed by atoms with Crippen molar-refractivity contribution in [2.45, 2.75) is 19.6 Å². The molecule has 4 nitrogen and oxygen atoms in total. The molecule has 124 valence electrons. The molecule has 1 atom stereocenters. The Bertz CT molecular complexity index is 598. The minimum absolute atomic E-state index is 0.283. The summed E-state index contributed by atoms with van der Waals surface area (Å²) < 4.78 is 10.8. The molecule has 2 rings (SSSR count). The minimum atomic E-state index is -0.535. The highest BCUT2D eigenvalue weighted by molar-refractivity contribution is 5.28. The number of aliphatic hydroxyl groups excluding tert-OH is 1. The van der Waals surface area contributed by atoms with E-state index in [1.807, 2.05) is 62.5 Å². The number of nitrogens with zero attached hydrogens (tertiary/aromatic N) is 1. The zero-order chi connectivity index (χ0) is 16.7. The summed E-state index contributed by atoms with van der Waals surface area (Å²) in [5.74, 6) is 1.63. The largest absolute Gasteiger partial charge is 0.497 e. The summed E-state index contributed by atoms with van der Waals surface area (Å²) >= 11 is 0. The molecule has 0 bridgehead atoms. The summed E-state index contributed by atoms with van der Waals surface area (Å²) in [4.78, 5) is 2.07. The third-order valence-electron chi connectivity index (χ3n) is 3.57. The molecule has 0 aliphatic heterocycles. The van der Waals surface area contributed by atoms with Gasteiger partial charge in [0.05, 0.1) is 7.11 Å². The van der Waals surface area contributed by atoms with Crippen LogP contribution in [0.1, 0.15) is 11.1 Å². The van der Waals surface area contributed by atoms with E-state index >= 15 is 0 Å². The molecule has 0 amide bonds. The topological polar surface area (TPSA) is 41.9 Å². The number of aryl methyl sites for hydroxylation is 1. The van der Waals surface area contributed by atoms with Gasteiger partial charge >= 0.3 is 0 Å². The zero-order valence-electron chi connectivity index (χ0n) is 14.0. The van der Waals surface area contributed by atoms with Crippen molar-refractivity contribution in [3.05, 3.63) is 59.7 Å². The molecule has 4 heteroatoms. The van der Waals surface area contributed by atoms with Gasteiger partial charge in [0.2, 0.25) is 0 Å². The number of aliphatic hydroxyl groups is 1. The Morgan fingerprint density at radius 2 is 1.83 bits per heavy atom. The highest BCUT2D eigenvalue weighted by atomic mass is 16.5. The van der Waals surface area contributed by atoms with Crippen LogP contribution in [0.3, 0.4) is 0 Å². The number of methoxy groups -OCH3 is 1. The lowest BCUT2D eigenvalue weighted by molar-refractivity contribution is 0.0744. The Morgan fingerprint density at radius 3 is 2.52 bits per heavy atom. The molecule has 1 N–H and O–H groups in total. The fourth-order valence-electron chi connectivity index (χ4n) is 2.39. The molecular weight excluding hydrogens is 290 g/mol. The van der Waals surface area contributed by atoms with E-state index < -0.39 is 6.10 Å². The van der Waals surface area contributed by atoms with Gasteiger partial charge in [0.25, 0.3) is 0 Å². The van der Waals surface area contributed by atoms with E-state index in [4.69, 9.17) is 9.47 Å². The van der Waals surface area contributed by atoms with Crippen molar-refractivity contribution in [3.63, 3.8) is 0 Å². The molecule has 0 aliphatic carbocycles. The molecule has 0 saturated carbocycles. The van der Waals surface area contributed by atoms with Crippen LogP contribution in [0.4, 0.5) is 0 Å². The molecule has 23 heavy (non-hydrogen) atoms. The van der Waals surface area contributed by atoms with Crippen molar-refractivity contribution < 1.29 is 14.6 Å². The molecule has 0 saturated heterocycles. The van der Waals surface area contributed by atoms with Crippen LogP contribution >= 0.6 is 0 Å². The highest BCUT2D eigenvalue weighted by Crippen LogP contribution is 2.14. The number of hydrogen-bond acceptors (Lipinski definition) is 4. The van der Waals surface area contributed by atoms with Crippen molar-refractivity contribution in [1.29, 1.82) is 0 Å². The Labute approximate surface area is 138 Å². The number of rotatable bonds is 8. The maximum atomic E-state index is 10.1. The van der Waals surface area contributed by atoms with Gasteiger partial charge in [-0.15, -0.1) is 0 Å². The maximum Gasteiger partial charge on any atom is 0.119 e. The first-order valence-corrected chi connectivity index (χ1v) is 7.76. The minimum Gasteiger partial charge on any atom is -0.497 e. The Kier molecular flexibility index (Phi) is 6.44. The number of hydrogen-bond donors (Lipinski definition) is 1. The predicted octanol–water partition coefficient (Wildman–Crippen LogP) is 2.88. The zero-order valence-corrected chi connectivity index (χ0v) is 14.0. The van der Waals surface area contributed by atoms with Crippen LogP contribution in [0, 0.1) is 6.92 Å². The van der Waals surface area contributed by atoms with E-state index in [9.17, 15) is 5.11 Å². The van der Waals surface area contributed by atoms with Crippen LogP contribution < -0.4 is 9.47 Å². The van der Waals surface area contributed by atoms with Crippen LogP contribution in [0.5, 0.6) is 11.5 Å². The Hall–Kier alpha value is -2.04. The van der Waals surface area contributed by atoms with Gasteiger partial charge in [0, 0.05) is 13.1 Å². The average Bonchev–Trinajstić information content (AvgIpc) is 2.54. The highest BCUT2D eigenvalue weighted by Gasteiger charge is 2.10. The van der Waals surface area contributed by atoms with Gasteiger partial charge in [0.15, 0.2) is 0 Å². The van der Waals surface area contributed by atoms with E-state index in [0.29, 0.717) is 6.54 Å². The van der Waals surface area contributed by atoms with E-state index in [-0.39, 0.29) is 6.61 Å².